The van der Waals surface area contributed by atoms with Gasteiger partial charge in [0.15, 0.2) is 11.5 Å². The Labute approximate surface area is 220 Å². The number of allylic oxidation sites excluding steroid dienone is 5. The average Bonchev–Trinajstić information content (AvgIpc) is 3.19. The molecule has 0 amide bonds. The van der Waals surface area contributed by atoms with E-state index in [-0.39, 0.29) is 24.2 Å². The summed E-state index contributed by atoms with van der Waals surface area (Å²) < 4.78 is 1.63. The van der Waals surface area contributed by atoms with E-state index in [0.717, 1.165) is 22.5 Å². The third-order valence-corrected chi connectivity index (χ3v) is 7.73. The number of nitrogens with zero attached hydrogens (tertiary/aromatic N) is 2. The van der Waals surface area contributed by atoms with Crippen molar-refractivity contribution in [3.63, 3.8) is 0 Å². The second-order valence-electron chi connectivity index (χ2n) is 10.8. The van der Waals surface area contributed by atoms with Crippen LogP contribution < -0.4 is 10.0 Å². The molecular weight excluding hydrogens is 484 g/mol. The van der Waals surface area contributed by atoms with Gasteiger partial charge in [-0.25, -0.2) is 4.79 Å². The molecule has 0 fully saturated rings. The molecule has 1 aliphatic carbocycles. The summed E-state index contributed by atoms with van der Waals surface area (Å²) in [7, 11) is 0. The summed E-state index contributed by atoms with van der Waals surface area (Å²) in [4.78, 5) is 38.3. The van der Waals surface area contributed by atoms with E-state index in [1.54, 1.807) is 9.48 Å². The van der Waals surface area contributed by atoms with Gasteiger partial charge in [0, 0.05) is 45.7 Å². The van der Waals surface area contributed by atoms with Gasteiger partial charge in [-0.05, 0) is 31.6 Å². The third-order valence-electron chi connectivity index (χ3n) is 7.73. The fraction of sp³-hybridized carbons (Fsp3) is 0.267. The molecule has 0 radical (unpaired) electrons. The summed E-state index contributed by atoms with van der Waals surface area (Å²) >= 11 is 0. The molecule has 0 aromatic heterocycles. The number of para-hydroxylation sites is 2. The highest BCUT2D eigenvalue weighted by Crippen LogP contribution is 2.49. The Morgan fingerprint density at radius 2 is 1.55 bits per heavy atom. The molecular formula is C30H28N2O6. The van der Waals surface area contributed by atoms with Gasteiger partial charge in [-0.15, -0.1) is 0 Å². The molecule has 0 spiro atoms. The van der Waals surface area contributed by atoms with Crippen LogP contribution in [0, 0.1) is 0 Å². The number of benzene rings is 2. The normalized spacial score (nSPS) is 21.2. The van der Waals surface area contributed by atoms with Gasteiger partial charge in [-0.1, -0.05) is 56.0 Å². The Hall–Kier alpha value is -4.46. The van der Waals surface area contributed by atoms with Crippen LogP contribution in [0.4, 0.5) is 11.4 Å². The van der Waals surface area contributed by atoms with Gasteiger partial charge in [0.25, 0.3) is 0 Å². The van der Waals surface area contributed by atoms with Crippen molar-refractivity contribution in [2.24, 2.45) is 0 Å². The Morgan fingerprint density at radius 1 is 0.921 bits per heavy atom. The second kappa shape index (κ2) is 8.55. The Balaban J connectivity index is 1.60. The standard InChI is InChI=1S/C30H28N2O6/c1-29(2)19-9-5-7-11-21(19)31(15-25(33)34)23(29)13-17-27(37)18(28(17)38)14-24-30(3,4)20-10-6-8-12-22(20)32(24)16-26(35)36/h5-14H,15-16H2,1-4H3,(H2-,33,34,35,36,37,38). The van der Waals surface area contributed by atoms with Crippen LogP contribution in [-0.2, 0) is 25.2 Å². The minimum atomic E-state index is -1.03. The minimum absolute atomic E-state index is 0.0128. The van der Waals surface area contributed by atoms with E-state index >= 15 is 0 Å². The van der Waals surface area contributed by atoms with Gasteiger partial charge in [0.05, 0.1) is 5.41 Å². The molecule has 2 N–H and O–H groups in total. The lowest BCUT2D eigenvalue weighted by Crippen LogP contribution is -2.36. The molecule has 0 saturated heterocycles. The molecule has 2 aromatic rings. The molecule has 0 bridgehead atoms. The van der Waals surface area contributed by atoms with Crippen molar-refractivity contribution >= 4 is 34.8 Å². The molecule has 2 aliphatic heterocycles. The maximum atomic E-state index is 13.3. The van der Waals surface area contributed by atoms with Crippen LogP contribution >= 0.6 is 0 Å². The van der Waals surface area contributed by atoms with Crippen molar-refractivity contribution in [2.45, 2.75) is 38.5 Å². The number of ketones is 1. The van der Waals surface area contributed by atoms with Crippen LogP contribution in [0.25, 0.3) is 0 Å². The van der Waals surface area contributed by atoms with Gasteiger partial charge in [-0.3, -0.25) is 9.59 Å². The number of Topliss-reactive ketones (excluding diaryl/α,β-unsaturated/α-hetero) is 1. The first-order chi connectivity index (χ1) is 17.9. The summed E-state index contributed by atoms with van der Waals surface area (Å²) in [6.45, 7) is 7.12. The molecule has 5 rings (SSSR count). The van der Waals surface area contributed by atoms with Crippen molar-refractivity contribution in [1.29, 1.82) is 0 Å². The summed E-state index contributed by atoms with van der Waals surface area (Å²) in [5, 5.41) is 32.4. The highest BCUT2D eigenvalue weighted by molar-refractivity contribution is 6.24. The smallest absolute Gasteiger partial charge is 0.370 e. The minimum Gasteiger partial charge on any atom is -0.871 e. The van der Waals surface area contributed by atoms with Gasteiger partial charge in [0.1, 0.15) is 6.54 Å². The summed E-state index contributed by atoms with van der Waals surface area (Å²) in [6, 6.07) is 14.9. The topological polar surface area (TPSA) is 121 Å². The predicted octanol–water partition coefficient (Wildman–Crippen LogP) is 3.04. The SMILES string of the molecule is CC1(C)C(/C=C2/C(=O)C(/C=C3\N(CC(=O)O)c4ccccc4C3(C)C)=C2[O-])=[N+](CC(=O)O)c2ccccc21. The zero-order valence-electron chi connectivity index (χ0n) is 21.6. The molecule has 194 valence electrons. The number of carbonyl (C=O) groups is 3. The first-order valence-electron chi connectivity index (χ1n) is 12.3. The molecule has 3 aliphatic rings. The van der Waals surface area contributed by atoms with Crippen molar-refractivity contribution in [1.82, 2.24) is 0 Å². The largest absolute Gasteiger partial charge is 0.871 e. The number of rotatable bonds is 6. The number of carbonyl (C=O) groups excluding carboxylic acids is 1. The maximum Gasteiger partial charge on any atom is 0.370 e. The number of carboxylic acids is 2. The fourth-order valence-corrected chi connectivity index (χ4v) is 5.78. The molecule has 8 heteroatoms. The van der Waals surface area contributed by atoms with Crippen LogP contribution in [0.3, 0.4) is 0 Å². The van der Waals surface area contributed by atoms with Crippen molar-refractivity contribution < 1.29 is 34.3 Å². The van der Waals surface area contributed by atoms with Crippen LogP contribution in [0.1, 0.15) is 38.8 Å². The Morgan fingerprint density at radius 3 is 2.18 bits per heavy atom. The quantitative estimate of drug-likeness (QED) is 0.451. The lowest BCUT2D eigenvalue weighted by Gasteiger charge is -2.32. The van der Waals surface area contributed by atoms with E-state index < -0.39 is 34.3 Å². The number of anilines is 1. The first-order valence-corrected chi connectivity index (χ1v) is 12.3. The molecule has 2 heterocycles. The number of fused-ring (bicyclic) bond motifs is 2. The van der Waals surface area contributed by atoms with E-state index in [2.05, 4.69) is 0 Å². The van der Waals surface area contributed by atoms with Gasteiger partial charge < -0.3 is 20.2 Å². The second-order valence-corrected chi connectivity index (χ2v) is 10.8. The molecule has 38 heavy (non-hydrogen) atoms. The molecule has 8 nitrogen and oxygen atoms in total. The number of carboxylic acid groups (broad SMARTS) is 2. The van der Waals surface area contributed by atoms with Gasteiger partial charge in [0.2, 0.25) is 12.2 Å². The first kappa shape index (κ1) is 25.2. The molecule has 0 unspecified atom stereocenters. The lowest BCUT2D eigenvalue weighted by molar-refractivity contribution is -0.428. The highest BCUT2D eigenvalue weighted by Gasteiger charge is 2.46. The molecule has 0 atom stereocenters. The summed E-state index contributed by atoms with van der Waals surface area (Å²) in [5.74, 6) is -2.95. The molecule has 2 aromatic carbocycles. The zero-order valence-corrected chi connectivity index (χ0v) is 21.6. The third kappa shape index (κ3) is 3.67. The van der Waals surface area contributed by atoms with E-state index in [1.807, 2.05) is 76.2 Å². The predicted molar refractivity (Wildman–Crippen MR) is 140 cm³/mol. The monoisotopic (exact) mass is 512 g/mol. The van der Waals surface area contributed by atoms with Crippen LogP contribution in [-0.4, -0.2) is 51.3 Å². The van der Waals surface area contributed by atoms with E-state index in [4.69, 9.17) is 0 Å². The Bertz CT molecular complexity index is 1550. The zero-order chi connectivity index (χ0) is 27.6. The van der Waals surface area contributed by atoms with E-state index in [9.17, 15) is 29.7 Å². The fourth-order valence-electron chi connectivity index (χ4n) is 5.78. The van der Waals surface area contributed by atoms with Crippen LogP contribution in [0.5, 0.6) is 0 Å². The number of aliphatic carboxylic acids is 2. The maximum absolute atomic E-state index is 13.3. The van der Waals surface area contributed by atoms with Crippen LogP contribution in [0.2, 0.25) is 0 Å². The summed E-state index contributed by atoms with van der Waals surface area (Å²) in [5.41, 5.74) is 3.13. The Kier molecular flexibility index (Phi) is 5.67. The van der Waals surface area contributed by atoms with Gasteiger partial charge in [-0.2, -0.15) is 4.58 Å². The number of hydrogen-bond donors (Lipinski definition) is 2. The van der Waals surface area contributed by atoms with E-state index in [1.165, 1.54) is 12.2 Å². The van der Waals surface area contributed by atoms with E-state index in [0.29, 0.717) is 11.4 Å². The van der Waals surface area contributed by atoms with Crippen molar-refractivity contribution in [2.75, 3.05) is 18.0 Å². The van der Waals surface area contributed by atoms with Gasteiger partial charge >= 0.3 is 11.9 Å². The van der Waals surface area contributed by atoms with Crippen LogP contribution in [0.15, 0.2) is 83.3 Å². The van der Waals surface area contributed by atoms with Crippen molar-refractivity contribution in [3.8, 4) is 0 Å². The van der Waals surface area contributed by atoms with Crippen molar-refractivity contribution in [3.05, 3.63) is 94.4 Å². The summed E-state index contributed by atoms with van der Waals surface area (Å²) in [6.07, 6.45) is 3.03. The molecule has 0 saturated carbocycles. The highest BCUT2D eigenvalue weighted by atomic mass is 16.4. The number of hydrogen-bond acceptors (Lipinski definition) is 5. The average molecular weight is 513 g/mol. The lowest BCUT2D eigenvalue weighted by atomic mass is 9.77.